The van der Waals surface area contributed by atoms with Crippen LogP contribution in [0.2, 0.25) is 0 Å². The van der Waals surface area contributed by atoms with Crippen LogP contribution in [0.15, 0.2) is 18.2 Å². The second kappa shape index (κ2) is 5.89. The average molecular weight is 249 g/mol. The minimum atomic E-state index is -0.00166. The number of carbonyl (C=O) groups excluding carboxylic acids is 1. The molecule has 3 nitrogen and oxygen atoms in total. The van der Waals surface area contributed by atoms with Crippen molar-refractivity contribution in [1.82, 2.24) is 0 Å². The summed E-state index contributed by atoms with van der Waals surface area (Å²) in [5.41, 5.74) is 1.64. The molecule has 0 spiro atoms. The van der Waals surface area contributed by atoms with Gasteiger partial charge in [0.25, 0.3) is 0 Å². The first kappa shape index (κ1) is 14.6. The summed E-state index contributed by atoms with van der Waals surface area (Å²) >= 11 is 0. The summed E-state index contributed by atoms with van der Waals surface area (Å²) < 4.78 is 0. The van der Waals surface area contributed by atoms with Crippen molar-refractivity contribution in [2.24, 2.45) is 17.8 Å². The van der Waals surface area contributed by atoms with Gasteiger partial charge in [0.1, 0.15) is 5.75 Å². The van der Waals surface area contributed by atoms with Crippen molar-refractivity contribution in [3.63, 3.8) is 0 Å². The monoisotopic (exact) mass is 249 g/mol. The number of benzene rings is 1. The molecule has 0 aliphatic heterocycles. The van der Waals surface area contributed by atoms with E-state index in [4.69, 9.17) is 0 Å². The lowest BCUT2D eigenvalue weighted by Crippen LogP contribution is -2.31. The van der Waals surface area contributed by atoms with Crippen molar-refractivity contribution in [2.45, 2.75) is 34.6 Å². The molecule has 0 radical (unpaired) electrons. The summed E-state index contributed by atoms with van der Waals surface area (Å²) in [6, 6.07) is 4.97. The maximum Gasteiger partial charge on any atom is 0.228 e. The number of hydrogen-bond donors (Lipinski definition) is 2. The maximum atomic E-state index is 12.3. The number of rotatable bonds is 4. The predicted molar refractivity (Wildman–Crippen MR) is 74.6 cm³/mol. The highest BCUT2D eigenvalue weighted by molar-refractivity contribution is 5.93. The third kappa shape index (κ3) is 3.49. The zero-order valence-corrected chi connectivity index (χ0v) is 11.8. The van der Waals surface area contributed by atoms with E-state index in [-0.39, 0.29) is 17.6 Å². The van der Waals surface area contributed by atoms with E-state index in [2.05, 4.69) is 33.0 Å². The SMILES string of the molecule is Cc1cc(O)ccc1NC(=O)C(C(C)C)C(C)C. The van der Waals surface area contributed by atoms with E-state index in [0.29, 0.717) is 11.8 Å². The van der Waals surface area contributed by atoms with Crippen molar-refractivity contribution in [3.05, 3.63) is 23.8 Å². The van der Waals surface area contributed by atoms with E-state index in [1.807, 2.05) is 6.92 Å². The van der Waals surface area contributed by atoms with Gasteiger partial charge in [0.05, 0.1) is 0 Å². The van der Waals surface area contributed by atoms with E-state index in [9.17, 15) is 9.90 Å². The van der Waals surface area contributed by atoms with Crippen LogP contribution in [0.25, 0.3) is 0 Å². The minimum absolute atomic E-state index is 0.00166. The van der Waals surface area contributed by atoms with Gasteiger partial charge in [-0.2, -0.15) is 0 Å². The largest absolute Gasteiger partial charge is 0.508 e. The lowest BCUT2D eigenvalue weighted by molar-refractivity contribution is -0.122. The fraction of sp³-hybridized carbons (Fsp3) is 0.533. The number of carbonyl (C=O) groups is 1. The number of phenolic OH excluding ortho intramolecular Hbond substituents is 1. The molecule has 1 rings (SSSR count). The van der Waals surface area contributed by atoms with Gasteiger partial charge in [0.2, 0.25) is 5.91 Å². The van der Waals surface area contributed by atoms with Crippen LogP contribution in [0.5, 0.6) is 5.75 Å². The molecule has 0 aliphatic carbocycles. The molecule has 0 bridgehead atoms. The highest BCUT2D eigenvalue weighted by Crippen LogP contribution is 2.25. The van der Waals surface area contributed by atoms with Gasteiger partial charge < -0.3 is 10.4 Å². The van der Waals surface area contributed by atoms with Crippen molar-refractivity contribution >= 4 is 11.6 Å². The van der Waals surface area contributed by atoms with Gasteiger partial charge in [0, 0.05) is 11.6 Å². The minimum Gasteiger partial charge on any atom is -0.508 e. The number of amides is 1. The lowest BCUT2D eigenvalue weighted by Gasteiger charge is -2.24. The molecule has 0 fully saturated rings. The lowest BCUT2D eigenvalue weighted by atomic mass is 9.85. The van der Waals surface area contributed by atoms with Crippen LogP contribution < -0.4 is 5.32 Å². The predicted octanol–water partition coefficient (Wildman–Crippen LogP) is 3.57. The molecule has 100 valence electrons. The van der Waals surface area contributed by atoms with Crippen LogP contribution >= 0.6 is 0 Å². The molecule has 0 atom stereocenters. The van der Waals surface area contributed by atoms with Gasteiger partial charge in [-0.15, -0.1) is 0 Å². The number of anilines is 1. The maximum absolute atomic E-state index is 12.3. The molecule has 18 heavy (non-hydrogen) atoms. The Bertz CT molecular complexity index is 417. The summed E-state index contributed by atoms with van der Waals surface area (Å²) in [5.74, 6) is 0.881. The first-order chi connectivity index (χ1) is 8.32. The van der Waals surface area contributed by atoms with E-state index < -0.39 is 0 Å². The molecular formula is C15H23NO2. The summed E-state index contributed by atoms with van der Waals surface area (Å²) in [5, 5.41) is 12.3. The Balaban J connectivity index is 2.86. The van der Waals surface area contributed by atoms with E-state index in [1.54, 1.807) is 18.2 Å². The zero-order chi connectivity index (χ0) is 13.9. The van der Waals surface area contributed by atoms with E-state index in [1.165, 1.54) is 0 Å². The van der Waals surface area contributed by atoms with E-state index in [0.717, 1.165) is 11.3 Å². The van der Waals surface area contributed by atoms with E-state index >= 15 is 0 Å². The average Bonchev–Trinajstić information content (AvgIpc) is 2.21. The molecule has 0 heterocycles. The van der Waals surface area contributed by atoms with Crippen LogP contribution in [0, 0.1) is 24.7 Å². The van der Waals surface area contributed by atoms with Crippen LogP contribution in [0.4, 0.5) is 5.69 Å². The third-order valence-corrected chi connectivity index (χ3v) is 3.21. The van der Waals surface area contributed by atoms with Crippen molar-refractivity contribution < 1.29 is 9.90 Å². The molecule has 1 amide bonds. The Morgan fingerprint density at radius 3 is 2.17 bits per heavy atom. The summed E-state index contributed by atoms with van der Waals surface area (Å²) in [4.78, 5) is 12.3. The Kier molecular flexibility index (Phi) is 4.76. The van der Waals surface area contributed by atoms with Crippen molar-refractivity contribution in [3.8, 4) is 5.75 Å². The Labute approximate surface area is 109 Å². The van der Waals surface area contributed by atoms with Crippen molar-refractivity contribution in [1.29, 1.82) is 0 Å². The number of aromatic hydroxyl groups is 1. The van der Waals surface area contributed by atoms with Gasteiger partial charge >= 0.3 is 0 Å². The molecule has 0 unspecified atom stereocenters. The second-order valence-corrected chi connectivity index (χ2v) is 5.50. The van der Waals surface area contributed by atoms with Crippen LogP contribution in [0.3, 0.4) is 0 Å². The summed E-state index contributed by atoms with van der Waals surface area (Å²) in [6.07, 6.45) is 0. The molecule has 0 saturated carbocycles. The van der Waals surface area contributed by atoms with Gasteiger partial charge in [-0.1, -0.05) is 27.7 Å². The number of aryl methyl sites for hydroxylation is 1. The Morgan fingerprint density at radius 1 is 1.17 bits per heavy atom. The molecular weight excluding hydrogens is 226 g/mol. The molecule has 1 aromatic rings. The normalized spacial score (nSPS) is 11.3. The van der Waals surface area contributed by atoms with Crippen LogP contribution in [-0.4, -0.2) is 11.0 Å². The fourth-order valence-electron chi connectivity index (χ4n) is 2.38. The van der Waals surface area contributed by atoms with Gasteiger partial charge in [-0.25, -0.2) is 0 Å². The van der Waals surface area contributed by atoms with Crippen LogP contribution in [-0.2, 0) is 4.79 Å². The highest BCUT2D eigenvalue weighted by Gasteiger charge is 2.25. The number of phenols is 1. The first-order valence-corrected chi connectivity index (χ1v) is 6.43. The molecule has 3 heteroatoms. The second-order valence-electron chi connectivity index (χ2n) is 5.50. The standard InChI is InChI=1S/C15H23NO2/c1-9(2)14(10(3)4)15(18)16-13-7-6-12(17)8-11(13)5/h6-10,14,17H,1-5H3,(H,16,18). The highest BCUT2D eigenvalue weighted by atomic mass is 16.3. The summed E-state index contributed by atoms with van der Waals surface area (Å²) in [7, 11) is 0. The number of nitrogens with one attached hydrogen (secondary N) is 1. The smallest absolute Gasteiger partial charge is 0.228 e. The number of hydrogen-bond acceptors (Lipinski definition) is 2. The van der Waals surface area contributed by atoms with Crippen LogP contribution in [0.1, 0.15) is 33.3 Å². The molecule has 1 aromatic carbocycles. The molecule has 0 saturated heterocycles. The third-order valence-electron chi connectivity index (χ3n) is 3.21. The molecule has 2 N–H and O–H groups in total. The Morgan fingerprint density at radius 2 is 1.72 bits per heavy atom. The summed E-state index contributed by atoms with van der Waals surface area (Å²) in [6.45, 7) is 10.1. The zero-order valence-electron chi connectivity index (χ0n) is 11.8. The Hall–Kier alpha value is -1.51. The quantitative estimate of drug-likeness (QED) is 0.801. The fourth-order valence-corrected chi connectivity index (χ4v) is 2.38. The molecule has 0 aromatic heterocycles. The molecule has 0 aliphatic rings. The van der Waals surface area contributed by atoms with Crippen molar-refractivity contribution in [2.75, 3.05) is 5.32 Å². The first-order valence-electron chi connectivity index (χ1n) is 6.43. The van der Waals surface area contributed by atoms with Gasteiger partial charge in [-0.3, -0.25) is 4.79 Å². The topological polar surface area (TPSA) is 49.3 Å². The van der Waals surface area contributed by atoms with Gasteiger partial charge in [0.15, 0.2) is 0 Å². The van der Waals surface area contributed by atoms with Gasteiger partial charge in [-0.05, 0) is 42.5 Å².